The largest absolute Gasteiger partial charge is 0.469 e. The van der Waals surface area contributed by atoms with Gasteiger partial charge in [0.1, 0.15) is 6.42 Å². The van der Waals surface area contributed by atoms with Gasteiger partial charge in [-0.25, -0.2) is 0 Å². The zero-order valence-corrected chi connectivity index (χ0v) is 16.1. The summed E-state index contributed by atoms with van der Waals surface area (Å²) in [5, 5.41) is 6.58. The third kappa shape index (κ3) is 5.33. The molecule has 1 aromatic carbocycles. The molecule has 1 heterocycles. The first-order valence-corrected chi connectivity index (χ1v) is 9.00. The summed E-state index contributed by atoms with van der Waals surface area (Å²) in [5.74, 6) is -0.965. The number of carbonyl (C=O) groups is 3. The fraction of sp³-hybridized carbons (Fsp3) is 0.471. The Morgan fingerprint density at radius 3 is 2.81 bits per heavy atom. The molecule has 1 aliphatic rings. The second-order valence-electron chi connectivity index (χ2n) is 6.16. The molecule has 0 spiro atoms. The zero-order chi connectivity index (χ0) is 19.3. The topological polar surface area (TPSA) is 88.9 Å². The number of halogens is 2. The summed E-state index contributed by atoms with van der Waals surface area (Å²) in [6.07, 6.45) is -0.0660. The van der Waals surface area contributed by atoms with E-state index in [9.17, 15) is 14.4 Å². The highest BCUT2D eigenvalue weighted by molar-refractivity contribution is 6.35. The maximum Gasteiger partial charge on any atom is 0.312 e. The van der Waals surface area contributed by atoms with Gasteiger partial charge in [0.05, 0.1) is 26.2 Å². The van der Waals surface area contributed by atoms with Gasteiger partial charge in [0.2, 0.25) is 0 Å². The number of ether oxygens (including phenoxy) is 1. The van der Waals surface area contributed by atoms with E-state index in [4.69, 9.17) is 23.2 Å². The average Bonchev–Trinajstić information content (AvgIpc) is 2.57. The number of methoxy groups -OCH3 is 1. The Balaban J connectivity index is 2.00. The van der Waals surface area contributed by atoms with Gasteiger partial charge in [0.25, 0.3) is 11.8 Å². The van der Waals surface area contributed by atoms with E-state index >= 15 is 0 Å². The Morgan fingerprint density at radius 1 is 1.42 bits per heavy atom. The molecule has 26 heavy (non-hydrogen) atoms. The van der Waals surface area contributed by atoms with Crippen LogP contribution in [0.25, 0.3) is 0 Å². The molecule has 1 saturated heterocycles. The van der Waals surface area contributed by atoms with Crippen molar-refractivity contribution in [2.24, 2.45) is 0 Å². The van der Waals surface area contributed by atoms with E-state index in [1.807, 2.05) is 6.92 Å². The fourth-order valence-corrected chi connectivity index (χ4v) is 3.53. The van der Waals surface area contributed by atoms with E-state index in [2.05, 4.69) is 15.4 Å². The van der Waals surface area contributed by atoms with Crippen molar-refractivity contribution in [3.05, 3.63) is 33.8 Å². The summed E-state index contributed by atoms with van der Waals surface area (Å²) in [6, 6.07) is 4.13. The first-order valence-electron chi connectivity index (χ1n) is 8.25. The van der Waals surface area contributed by atoms with Gasteiger partial charge in [0.15, 0.2) is 12.6 Å². The predicted molar refractivity (Wildman–Crippen MR) is 97.1 cm³/mol. The van der Waals surface area contributed by atoms with Crippen LogP contribution in [0, 0.1) is 0 Å². The van der Waals surface area contributed by atoms with Crippen LogP contribution in [0.4, 0.5) is 0 Å². The van der Waals surface area contributed by atoms with Crippen LogP contribution in [0.15, 0.2) is 18.2 Å². The summed E-state index contributed by atoms with van der Waals surface area (Å²) in [6.45, 7) is 2.90. The molecule has 9 heteroatoms. The standard InChI is InChI=1S/C17H21Cl2N3O4/c1-10(12-4-3-11(18)7-13(12)19)21-15(23)9-22-6-5-20-17(25)14(22)8-16(24)26-2/h3-4,7,10,14H,5-6,8-9H2,1-2H3,(H,20,25)(H,21,23)/p+1/t10-,14-/m0/s1. The normalized spacial score (nSPS) is 20.8. The highest BCUT2D eigenvalue weighted by Crippen LogP contribution is 2.25. The highest BCUT2D eigenvalue weighted by atomic mass is 35.5. The van der Waals surface area contributed by atoms with Gasteiger partial charge in [-0.3, -0.25) is 14.4 Å². The lowest BCUT2D eigenvalue weighted by Crippen LogP contribution is -3.20. The van der Waals surface area contributed by atoms with Crippen LogP contribution in [0.1, 0.15) is 24.9 Å². The van der Waals surface area contributed by atoms with Crippen LogP contribution in [0.3, 0.4) is 0 Å². The van der Waals surface area contributed by atoms with Crippen LogP contribution < -0.4 is 15.5 Å². The molecule has 1 unspecified atom stereocenters. The molecule has 142 valence electrons. The van der Waals surface area contributed by atoms with Gasteiger partial charge in [0, 0.05) is 10.0 Å². The summed E-state index contributed by atoms with van der Waals surface area (Å²) in [7, 11) is 1.27. The molecule has 1 fully saturated rings. The maximum absolute atomic E-state index is 12.4. The molecule has 0 saturated carbocycles. The Hall–Kier alpha value is -1.83. The van der Waals surface area contributed by atoms with Crippen molar-refractivity contribution in [1.82, 2.24) is 10.6 Å². The van der Waals surface area contributed by atoms with Crippen molar-refractivity contribution < 1.29 is 24.0 Å². The molecule has 1 aliphatic heterocycles. The number of piperazine rings is 1. The Morgan fingerprint density at radius 2 is 2.15 bits per heavy atom. The van der Waals surface area contributed by atoms with Crippen LogP contribution in [0.2, 0.25) is 10.0 Å². The lowest BCUT2D eigenvalue weighted by Gasteiger charge is -2.31. The van der Waals surface area contributed by atoms with Crippen molar-refractivity contribution in [2.45, 2.75) is 25.4 Å². The van der Waals surface area contributed by atoms with E-state index < -0.39 is 12.0 Å². The number of hydrogen-bond acceptors (Lipinski definition) is 4. The third-order valence-electron chi connectivity index (χ3n) is 4.35. The second kappa shape index (κ2) is 9.21. The Bertz CT molecular complexity index is 699. The Kier molecular flexibility index (Phi) is 7.25. The van der Waals surface area contributed by atoms with Crippen LogP contribution in [0.5, 0.6) is 0 Å². The van der Waals surface area contributed by atoms with E-state index in [0.29, 0.717) is 23.1 Å². The van der Waals surface area contributed by atoms with Crippen LogP contribution in [-0.2, 0) is 19.1 Å². The van der Waals surface area contributed by atoms with Gasteiger partial charge < -0.3 is 20.3 Å². The van der Waals surface area contributed by atoms with Crippen LogP contribution in [-0.4, -0.2) is 50.6 Å². The molecular weight excluding hydrogens is 381 g/mol. The molecule has 0 radical (unpaired) electrons. The van der Waals surface area contributed by atoms with Crippen molar-refractivity contribution in [3.63, 3.8) is 0 Å². The maximum atomic E-state index is 12.4. The number of amides is 2. The number of nitrogens with one attached hydrogen (secondary N) is 3. The summed E-state index contributed by atoms with van der Waals surface area (Å²) >= 11 is 12.1. The molecule has 0 aromatic heterocycles. The molecule has 0 aliphatic carbocycles. The zero-order valence-electron chi connectivity index (χ0n) is 14.6. The fourth-order valence-electron chi connectivity index (χ4n) is 2.96. The third-order valence-corrected chi connectivity index (χ3v) is 4.91. The van der Waals surface area contributed by atoms with Gasteiger partial charge in [-0.1, -0.05) is 29.3 Å². The predicted octanol–water partition coefficient (Wildman–Crippen LogP) is 0.117. The van der Waals surface area contributed by atoms with Crippen molar-refractivity contribution in [2.75, 3.05) is 26.7 Å². The molecule has 2 rings (SSSR count). The number of benzene rings is 1. The summed E-state index contributed by atoms with van der Waals surface area (Å²) < 4.78 is 4.64. The molecule has 3 N–H and O–H groups in total. The van der Waals surface area contributed by atoms with E-state index in [-0.39, 0.29) is 30.8 Å². The average molecular weight is 403 g/mol. The number of hydrogen-bond donors (Lipinski definition) is 3. The molecule has 3 atom stereocenters. The molecule has 7 nitrogen and oxygen atoms in total. The number of carbonyl (C=O) groups excluding carboxylic acids is 3. The first kappa shape index (κ1) is 20.5. The van der Waals surface area contributed by atoms with Crippen molar-refractivity contribution >= 4 is 41.0 Å². The monoisotopic (exact) mass is 402 g/mol. The second-order valence-corrected chi connectivity index (χ2v) is 7.01. The van der Waals surface area contributed by atoms with Crippen LogP contribution >= 0.6 is 23.2 Å². The van der Waals surface area contributed by atoms with Gasteiger partial charge >= 0.3 is 5.97 Å². The van der Waals surface area contributed by atoms with Crippen molar-refractivity contribution in [3.8, 4) is 0 Å². The summed E-state index contributed by atoms with van der Waals surface area (Å²) in [5.41, 5.74) is 0.752. The van der Waals surface area contributed by atoms with E-state index in [1.54, 1.807) is 18.2 Å². The molecule has 0 bridgehead atoms. The minimum Gasteiger partial charge on any atom is -0.469 e. The SMILES string of the molecule is COC(=O)C[C@H]1C(=O)NCC[NH+]1CC(=O)N[C@@H](C)c1ccc(Cl)cc1Cl. The lowest BCUT2D eigenvalue weighted by atomic mass is 10.1. The molecule has 2 amide bonds. The van der Waals surface area contributed by atoms with Gasteiger partial charge in [-0.2, -0.15) is 0 Å². The number of quaternary nitrogens is 1. The first-order chi connectivity index (χ1) is 12.3. The minimum absolute atomic E-state index is 0.0660. The highest BCUT2D eigenvalue weighted by Gasteiger charge is 2.37. The number of esters is 1. The molecule has 1 aromatic rings. The molecular formula is C17H22Cl2N3O4+. The van der Waals surface area contributed by atoms with Gasteiger partial charge in [-0.05, 0) is 24.6 Å². The minimum atomic E-state index is -0.642. The van der Waals surface area contributed by atoms with Crippen molar-refractivity contribution in [1.29, 1.82) is 0 Å². The lowest BCUT2D eigenvalue weighted by molar-refractivity contribution is -0.909. The van der Waals surface area contributed by atoms with E-state index in [0.717, 1.165) is 10.5 Å². The number of rotatable bonds is 6. The van der Waals surface area contributed by atoms with E-state index in [1.165, 1.54) is 7.11 Å². The Labute approximate surface area is 162 Å². The summed E-state index contributed by atoms with van der Waals surface area (Å²) in [4.78, 5) is 36.8. The quantitative estimate of drug-likeness (QED) is 0.589. The smallest absolute Gasteiger partial charge is 0.312 e. The van der Waals surface area contributed by atoms with Gasteiger partial charge in [-0.15, -0.1) is 0 Å².